The van der Waals surface area contributed by atoms with Gasteiger partial charge in [-0.3, -0.25) is 4.79 Å². The third-order valence-electron chi connectivity index (χ3n) is 4.81. The SMILES string of the molecule is C[C@@H](NC(=O)c1ccccc1C(F)(F)F)[C@](O)(Cn1cncn1)c1ccc(F)cc1F. The van der Waals surface area contributed by atoms with Gasteiger partial charge in [0.05, 0.1) is 23.7 Å². The first-order valence-corrected chi connectivity index (χ1v) is 9.00. The third kappa shape index (κ3) is 4.71. The minimum Gasteiger partial charge on any atom is -0.381 e. The summed E-state index contributed by atoms with van der Waals surface area (Å²) in [5.74, 6) is -3.11. The van der Waals surface area contributed by atoms with E-state index in [4.69, 9.17) is 0 Å². The Labute approximate surface area is 173 Å². The van der Waals surface area contributed by atoms with Gasteiger partial charge < -0.3 is 10.4 Å². The Morgan fingerprint density at radius 2 is 1.87 bits per heavy atom. The highest BCUT2D eigenvalue weighted by molar-refractivity contribution is 5.96. The van der Waals surface area contributed by atoms with E-state index in [9.17, 15) is 31.9 Å². The van der Waals surface area contributed by atoms with Gasteiger partial charge in [-0.15, -0.1) is 0 Å². The number of alkyl halides is 3. The van der Waals surface area contributed by atoms with Gasteiger partial charge in [-0.25, -0.2) is 18.4 Å². The normalized spacial score (nSPS) is 14.7. The van der Waals surface area contributed by atoms with Gasteiger partial charge in [0.15, 0.2) is 0 Å². The second kappa shape index (κ2) is 8.42. The largest absolute Gasteiger partial charge is 0.417 e. The van der Waals surface area contributed by atoms with Crippen molar-refractivity contribution >= 4 is 5.91 Å². The average Bonchev–Trinajstić information content (AvgIpc) is 3.19. The molecule has 0 fully saturated rings. The summed E-state index contributed by atoms with van der Waals surface area (Å²) in [5.41, 5.74) is -4.40. The van der Waals surface area contributed by atoms with Gasteiger partial charge in [0.25, 0.3) is 5.91 Å². The summed E-state index contributed by atoms with van der Waals surface area (Å²) in [4.78, 5) is 16.3. The molecule has 1 aromatic heterocycles. The van der Waals surface area contributed by atoms with Gasteiger partial charge in [-0.1, -0.05) is 18.2 Å². The van der Waals surface area contributed by atoms with Crippen LogP contribution in [0.1, 0.15) is 28.4 Å². The van der Waals surface area contributed by atoms with Crippen LogP contribution < -0.4 is 5.32 Å². The van der Waals surface area contributed by atoms with Crippen molar-refractivity contribution in [1.82, 2.24) is 20.1 Å². The Morgan fingerprint density at radius 3 is 2.48 bits per heavy atom. The van der Waals surface area contributed by atoms with Crippen molar-refractivity contribution in [2.45, 2.75) is 31.3 Å². The molecule has 3 rings (SSSR count). The zero-order valence-corrected chi connectivity index (χ0v) is 16.1. The maximum absolute atomic E-state index is 14.5. The summed E-state index contributed by atoms with van der Waals surface area (Å²) in [6.45, 7) is 0.867. The summed E-state index contributed by atoms with van der Waals surface area (Å²) in [6, 6.07) is 5.28. The van der Waals surface area contributed by atoms with E-state index in [1.165, 1.54) is 19.3 Å². The van der Waals surface area contributed by atoms with E-state index in [1.54, 1.807) is 0 Å². The molecule has 31 heavy (non-hydrogen) atoms. The molecule has 1 amide bonds. The molecule has 11 heteroatoms. The lowest BCUT2D eigenvalue weighted by molar-refractivity contribution is -0.137. The van der Waals surface area contributed by atoms with E-state index in [1.807, 2.05) is 0 Å². The Hall–Kier alpha value is -3.34. The molecule has 6 nitrogen and oxygen atoms in total. The number of benzene rings is 2. The summed E-state index contributed by atoms with van der Waals surface area (Å²) in [5, 5.41) is 17.5. The molecule has 0 saturated carbocycles. The topological polar surface area (TPSA) is 80.0 Å². The van der Waals surface area contributed by atoms with Crippen molar-refractivity contribution in [3.05, 3.63) is 83.4 Å². The minimum atomic E-state index is -4.78. The first-order valence-electron chi connectivity index (χ1n) is 9.00. The molecule has 0 bridgehead atoms. The van der Waals surface area contributed by atoms with Gasteiger partial charge in [0, 0.05) is 11.6 Å². The maximum Gasteiger partial charge on any atom is 0.417 e. The maximum atomic E-state index is 14.5. The summed E-state index contributed by atoms with van der Waals surface area (Å²) >= 11 is 0. The fourth-order valence-electron chi connectivity index (χ4n) is 3.18. The number of amides is 1. The quantitative estimate of drug-likeness (QED) is 0.577. The van der Waals surface area contributed by atoms with Crippen LogP contribution in [0, 0.1) is 11.6 Å². The molecule has 0 unspecified atom stereocenters. The lowest BCUT2D eigenvalue weighted by Crippen LogP contribution is -2.52. The fourth-order valence-corrected chi connectivity index (χ4v) is 3.18. The van der Waals surface area contributed by atoms with Crippen LogP contribution in [0.15, 0.2) is 55.1 Å². The average molecular weight is 440 g/mol. The molecule has 0 spiro atoms. The van der Waals surface area contributed by atoms with Crippen LogP contribution in [0.25, 0.3) is 0 Å². The molecule has 3 aromatic rings. The minimum absolute atomic E-state index is 0.374. The van der Waals surface area contributed by atoms with Crippen molar-refractivity contribution in [3.63, 3.8) is 0 Å². The monoisotopic (exact) mass is 440 g/mol. The molecule has 0 aliphatic heterocycles. The van der Waals surface area contributed by atoms with E-state index in [0.717, 1.165) is 41.3 Å². The van der Waals surface area contributed by atoms with Crippen molar-refractivity contribution < 1.29 is 31.9 Å². The van der Waals surface area contributed by atoms with Gasteiger partial charge in [-0.05, 0) is 25.1 Å². The van der Waals surface area contributed by atoms with Crippen LogP contribution in [0.5, 0.6) is 0 Å². The second-order valence-corrected chi connectivity index (χ2v) is 6.88. The first kappa shape index (κ1) is 22.3. The molecule has 0 saturated heterocycles. The Kier molecular flexibility index (Phi) is 6.07. The van der Waals surface area contributed by atoms with Crippen LogP contribution in [-0.4, -0.2) is 31.8 Å². The Morgan fingerprint density at radius 1 is 1.16 bits per heavy atom. The molecule has 164 valence electrons. The van der Waals surface area contributed by atoms with Crippen molar-refractivity contribution in [2.75, 3.05) is 0 Å². The number of rotatable bonds is 6. The van der Waals surface area contributed by atoms with Crippen molar-refractivity contribution in [1.29, 1.82) is 0 Å². The van der Waals surface area contributed by atoms with Crippen molar-refractivity contribution in [2.24, 2.45) is 0 Å². The molecular formula is C20H17F5N4O2. The number of carbonyl (C=O) groups excluding carboxylic acids is 1. The molecule has 0 aliphatic rings. The van der Waals surface area contributed by atoms with E-state index in [2.05, 4.69) is 15.4 Å². The van der Waals surface area contributed by atoms with E-state index in [-0.39, 0.29) is 5.56 Å². The predicted octanol–water partition coefficient (Wildman–Crippen LogP) is 3.28. The summed E-state index contributed by atoms with van der Waals surface area (Å²) < 4.78 is 68.8. The summed E-state index contributed by atoms with van der Waals surface area (Å²) in [6.07, 6.45) is -2.40. The Bertz CT molecular complexity index is 1070. The van der Waals surface area contributed by atoms with Gasteiger partial charge in [0.2, 0.25) is 0 Å². The highest BCUT2D eigenvalue weighted by Crippen LogP contribution is 2.33. The molecular weight excluding hydrogens is 423 g/mol. The fraction of sp³-hybridized carbons (Fsp3) is 0.250. The highest BCUT2D eigenvalue weighted by atomic mass is 19.4. The molecule has 0 aliphatic carbocycles. The Balaban J connectivity index is 1.98. The van der Waals surface area contributed by atoms with Crippen LogP contribution in [-0.2, 0) is 18.3 Å². The molecule has 0 radical (unpaired) electrons. The third-order valence-corrected chi connectivity index (χ3v) is 4.81. The first-order chi connectivity index (χ1) is 14.5. The van der Waals surface area contributed by atoms with Crippen LogP contribution in [0.4, 0.5) is 22.0 Å². The van der Waals surface area contributed by atoms with Crippen LogP contribution >= 0.6 is 0 Å². The lowest BCUT2D eigenvalue weighted by atomic mass is 9.86. The van der Waals surface area contributed by atoms with E-state index in [0.29, 0.717) is 6.07 Å². The standard InChI is InChI=1S/C20H17F5N4O2/c1-12(28-18(30)14-4-2-3-5-15(14)20(23,24)25)19(31,9-29-11-26-10-27-29)16-7-6-13(21)8-17(16)22/h2-8,10-12,31H,9H2,1H3,(H,28,30)/t12-,19-/m1/s1. The van der Waals surface area contributed by atoms with Gasteiger partial charge >= 0.3 is 6.18 Å². The van der Waals surface area contributed by atoms with Gasteiger partial charge in [-0.2, -0.15) is 18.3 Å². The van der Waals surface area contributed by atoms with Crippen molar-refractivity contribution in [3.8, 4) is 0 Å². The molecule has 2 aromatic carbocycles. The zero-order valence-electron chi connectivity index (χ0n) is 16.1. The summed E-state index contributed by atoms with van der Waals surface area (Å²) in [7, 11) is 0. The zero-order chi connectivity index (χ0) is 22.8. The molecule has 2 N–H and O–H groups in total. The second-order valence-electron chi connectivity index (χ2n) is 6.88. The number of nitrogens with zero attached hydrogens (tertiary/aromatic N) is 3. The number of hydrogen-bond donors (Lipinski definition) is 2. The number of nitrogens with one attached hydrogen (secondary N) is 1. The van der Waals surface area contributed by atoms with E-state index >= 15 is 0 Å². The predicted molar refractivity (Wildman–Crippen MR) is 98.6 cm³/mol. The van der Waals surface area contributed by atoms with Gasteiger partial charge in [0.1, 0.15) is 29.9 Å². The lowest BCUT2D eigenvalue weighted by Gasteiger charge is -2.35. The number of hydrogen-bond acceptors (Lipinski definition) is 4. The number of aromatic nitrogens is 3. The number of halogens is 5. The highest BCUT2D eigenvalue weighted by Gasteiger charge is 2.41. The molecule has 2 atom stereocenters. The number of aliphatic hydroxyl groups is 1. The van der Waals surface area contributed by atoms with Crippen LogP contribution in [0.2, 0.25) is 0 Å². The van der Waals surface area contributed by atoms with E-state index < -0.39 is 53.0 Å². The molecule has 1 heterocycles. The number of carbonyl (C=O) groups is 1. The smallest absolute Gasteiger partial charge is 0.381 e. The van der Waals surface area contributed by atoms with Crippen LogP contribution in [0.3, 0.4) is 0 Å².